The maximum absolute atomic E-state index is 13.1. The summed E-state index contributed by atoms with van der Waals surface area (Å²) in [5.41, 5.74) is 4.96. The minimum Gasteiger partial charge on any atom is -0.378 e. The first kappa shape index (κ1) is 22.5. The van der Waals surface area contributed by atoms with Crippen LogP contribution in [0.15, 0.2) is 48.5 Å². The molecule has 4 rings (SSSR count). The van der Waals surface area contributed by atoms with Crippen molar-refractivity contribution < 1.29 is 14.5 Å². The highest BCUT2D eigenvalue weighted by Gasteiger charge is 2.22. The van der Waals surface area contributed by atoms with Crippen molar-refractivity contribution in [3.05, 3.63) is 86.7 Å². The molecule has 1 saturated heterocycles. The van der Waals surface area contributed by atoms with Crippen molar-refractivity contribution in [3.8, 4) is 0 Å². The number of nitro benzene ring substituents is 1. The Kier molecular flexibility index (Phi) is 6.69. The highest BCUT2D eigenvalue weighted by molar-refractivity contribution is 6.00. The maximum Gasteiger partial charge on any atom is 0.270 e. The second-order valence-electron chi connectivity index (χ2n) is 8.15. The zero-order valence-electron chi connectivity index (χ0n) is 18.8. The van der Waals surface area contributed by atoms with Crippen LogP contribution in [0.4, 0.5) is 11.4 Å². The summed E-state index contributed by atoms with van der Waals surface area (Å²) in [6.45, 7) is 7.32. The Morgan fingerprint density at radius 2 is 1.88 bits per heavy atom. The Balaban J connectivity index is 1.50. The van der Waals surface area contributed by atoms with E-state index in [1.807, 2.05) is 53.8 Å². The molecule has 0 atom stereocenters. The summed E-state index contributed by atoms with van der Waals surface area (Å²) < 4.78 is 7.34. The van der Waals surface area contributed by atoms with Crippen LogP contribution >= 0.6 is 0 Å². The molecule has 33 heavy (non-hydrogen) atoms. The van der Waals surface area contributed by atoms with Crippen LogP contribution in [0.5, 0.6) is 0 Å². The van der Waals surface area contributed by atoms with Crippen molar-refractivity contribution in [1.82, 2.24) is 15.1 Å². The molecule has 1 amide bonds. The van der Waals surface area contributed by atoms with Crippen molar-refractivity contribution >= 4 is 17.3 Å². The average molecular weight is 450 g/mol. The predicted octanol–water partition coefficient (Wildman–Crippen LogP) is 3.22. The number of carbonyl (C=O) groups is 1. The van der Waals surface area contributed by atoms with Gasteiger partial charge in [-0.3, -0.25) is 19.6 Å². The maximum atomic E-state index is 13.1. The lowest BCUT2D eigenvalue weighted by atomic mass is 10.1. The zero-order valence-corrected chi connectivity index (χ0v) is 18.8. The van der Waals surface area contributed by atoms with E-state index in [1.165, 1.54) is 12.1 Å². The number of anilines is 1. The van der Waals surface area contributed by atoms with Crippen molar-refractivity contribution in [2.45, 2.75) is 26.9 Å². The smallest absolute Gasteiger partial charge is 0.270 e. The summed E-state index contributed by atoms with van der Waals surface area (Å²) >= 11 is 0. The van der Waals surface area contributed by atoms with Crippen molar-refractivity contribution in [2.75, 3.05) is 31.2 Å². The van der Waals surface area contributed by atoms with E-state index in [0.29, 0.717) is 50.6 Å². The van der Waals surface area contributed by atoms with Gasteiger partial charge in [0.05, 0.1) is 41.6 Å². The normalized spacial score (nSPS) is 13.7. The van der Waals surface area contributed by atoms with Crippen LogP contribution in [0.3, 0.4) is 0 Å². The molecule has 2 heterocycles. The van der Waals surface area contributed by atoms with Crippen LogP contribution < -0.4 is 10.2 Å². The lowest BCUT2D eigenvalue weighted by Gasteiger charge is -2.30. The number of hydrogen-bond acceptors (Lipinski definition) is 6. The van der Waals surface area contributed by atoms with E-state index in [9.17, 15) is 14.9 Å². The van der Waals surface area contributed by atoms with E-state index in [0.717, 1.165) is 22.5 Å². The van der Waals surface area contributed by atoms with Crippen molar-refractivity contribution in [1.29, 1.82) is 0 Å². The summed E-state index contributed by atoms with van der Waals surface area (Å²) in [7, 11) is 0. The van der Waals surface area contributed by atoms with Crippen LogP contribution in [0.1, 0.15) is 32.9 Å². The summed E-state index contributed by atoms with van der Waals surface area (Å²) in [5, 5.41) is 18.7. The molecule has 0 unspecified atom stereocenters. The number of nitrogens with zero attached hydrogens (tertiary/aromatic N) is 4. The van der Waals surface area contributed by atoms with Crippen LogP contribution in [-0.2, 0) is 17.8 Å². The minimum atomic E-state index is -0.484. The van der Waals surface area contributed by atoms with Gasteiger partial charge in [0.1, 0.15) is 0 Å². The molecule has 9 nitrogen and oxygen atoms in total. The van der Waals surface area contributed by atoms with Gasteiger partial charge in [-0.25, -0.2) is 0 Å². The molecular formula is C24H27N5O4. The van der Waals surface area contributed by atoms with E-state index in [2.05, 4.69) is 10.4 Å². The summed E-state index contributed by atoms with van der Waals surface area (Å²) in [5.74, 6) is -0.343. The highest BCUT2D eigenvalue weighted by Crippen LogP contribution is 2.26. The Morgan fingerprint density at radius 1 is 1.12 bits per heavy atom. The van der Waals surface area contributed by atoms with Gasteiger partial charge < -0.3 is 15.0 Å². The van der Waals surface area contributed by atoms with Gasteiger partial charge in [-0.15, -0.1) is 0 Å². The number of hydrogen-bond donors (Lipinski definition) is 1. The third-order valence-corrected chi connectivity index (χ3v) is 5.67. The number of aryl methyl sites for hydroxylation is 2. The van der Waals surface area contributed by atoms with Crippen molar-refractivity contribution in [2.24, 2.45) is 0 Å². The van der Waals surface area contributed by atoms with Gasteiger partial charge in [-0.1, -0.05) is 24.3 Å². The fourth-order valence-corrected chi connectivity index (χ4v) is 4.02. The first-order valence-corrected chi connectivity index (χ1v) is 10.9. The largest absolute Gasteiger partial charge is 0.378 e. The van der Waals surface area contributed by atoms with Gasteiger partial charge in [0.2, 0.25) is 0 Å². The molecule has 0 aliphatic carbocycles. The fraction of sp³-hybridized carbons (Fsp3) is 0.333. The van der Waals surface area contributed by atoms with Crippen LogP contribution in [0.2, 0.25) is 0 Å². The highest BCUT2D eigenvalue weighted by atomic mass is 16.6. The van der Waals surface area contributed by atoms with Gasteiger partial charge >= 0.3 is 0 Å². The number of aromatic nitrogens is 2. The number of rotatable bonds is 7. The standard InChI is InChI=1S/C24H27N5O4/c1-17-12-18(2)28(26-17)16-20-5-3-4-19(13-20)15-25-24(30)22-14-21(29(31)32)6-7-23(22)27-8-10-33-11-9-27/h3-7,12-14H,8-11,15-16H2,1-2H3,(H,25,30). The fourth-order valence-electron chi connectivity index (χ4n) is 4.02. The molecular weight excluding hydrogens is 422 g/mol. The molecule has 0 bridgehead atoms. The van der Waals surface area contributed by atoms with Gasteiger partial charge in [0, 0.05) is 37.5 Å². The number of nitro groups is 1. The van der Waals surface area contributed by atoms with E-state index < -0.39 is 4.92 Å². The number of carbonyl (C=O) groups excluding carboxylic acids is 1. The third kappa shape index (κ3) is 5.38. The molecule has 0 spiro atoms. The van der Waals surface area contributed by atoms with Gasteiger partial charge in [-0.05, 0) is 37.1 Å². The second kappa shape index (κ2) is 9.83. The van der Waals surface area contributed by atoms with Gasteiger partial charge in [0.25, 0.3) is 11.6 Å². The third-order valence-electron chi connectivity index (χ3n) is 5.67. The molecule has 172 valence electrons. The molecule has 9 heteroatoms. The van der Waals surface area contributed by atoms with E-state index in [4.69, 9.17) is 4.74 Å². The Bertz CT molecular complexity index is 1170. The number of amides is 1. The average Bonchev–Trinajstić information content (AvgIpc) is 3.14. The molecule has 3 aromatic rings. The summed E-state index contributed by atoms with van der Waals surface area (Å²) in [4.78, 5) is 25.9. The molecule has 0 saturated carbocycles. The number of morpholine rings is 1. The van der Waals surface area contributed by atoms with Crippen LogP contribution in [0.25, 0.3) is 0 Å². The SMILES string of the molecule is Cc1cc(C)n(Cc2cccc(CNC(=O)c3cc([N+](=O)[O-])ccc3N3CCOCC3)c2)n1. The lowest BCUT2D eigenvalue weighted by molar-refractivity contribution is -0.384. The van der Waals surface area contributed by atoms with Crippen LogP contribution in [0, 0.1) is 24.0 Å². The minimum absolute atomic E-state index is 0.107. The molecule has 1 N–H and O–H groups in total. The monoisotopic (exact) mass is 449 g/mol. The quantitative estimate of drug-likeness (QED) is 0.439. The van der Waals surface area contributed by atoms with Crippen LogP contribution in [-0.4, -0.2) is 46.9 Å². The molecule has 0 radical (unpaired) electrons. The lowest BCUT2D eigenvalue weighted by Crippen LogP contribution is -2.38. The van der Waals surface area contributed by atoms with E-state index in [-0.39, 0.29) is 11.6 Å². The number of non-ortho nitro benzene ring substituents is 1. The Labute approximate surface area is 192 Å². The predicted molar refractivity (Wildman–Crippen MR) is 125 cm³/mol. The van der Waals surface area contributed by atoms with Gasteiger partial charge in [-0.2, -0.15) is 5.10 Å². The Morgan fingerprint density at radius 3 is 2.58 bits per heavy atom. The molecule has 1 aliphatic heterocycles. The molecule has 1 aromatic heterocycles. The van der Waals surface area contributed by atoms with E-state index >= 15 is 0 Å². The van der Waals surface area contributed by atoms with E-state index in [1.54, 1.807) is 6.07 Å². The molecule has 1 fully saturated rings. The van der Waals surface area contributed by atoms with Crippen molar-refractivity contribution in [3.63, 3.8) is 0 Å². The first-order chi connectivity index (χ1) is 15.9. The number of nitrogens with one attached hydrogen (secondary N) is 1. The van der Waals surface area contributed by atoms with Gasteiger partial charge in [0.15, 0.2) is 0 Å². The molecule has 2 aromatic carbocycles. The molecule has 1 aliphatic rings. The number of ether oxygens (including phenoxy) is 1. The zero-order chi connectivity index (χ0) is 23.4. The first-order valence-electron chi connectivity index (χ1n) is 10.9. The number of benzene rings is 2. The second-order valence-corrected chi connectivity index (χ2v) is 8.15. The Hall–Kier alpha value is -3.72. The topological polar surface area (TPSA) is 103 Å². The summed E-state index contributed by atoms with van der Waals surface area (Å²) in [6, 6.07) is 14.4. The summed E-state index contributed by atoms with van der Waals surface area (Å²) in [6.07, 6.45) is 0.